The van der Waals surface area contributed by atoms with Gasteiger partial charge in [0.25, 0.3) is 5.91 Å². The van der Waals surface area contributed by atoms with Gasteiger partial charge in [-0.2, -0.15) is 13.2 Å². The lowest BCUT2D eigenvalue weighted by Crippen LogP contribution is -2.41. The Morgan fingerprint density at radius 1 is 1.26 bits per heavy atom. The number of hydrogen-bond acceptors (Lipinski definition) is 6. The Hall–Kier alpha value is -2.92. The molecule has 0 saturated heterocycles. The van der Waals surface area contributed by atoms with E-state index in [4.69, 9.17) is 4.74 Å². The van der Waals surface area contributed by atoms with Gasteiger partial charge in [-0.05, 0) is 48.8 Å². The zero-order valence-corrected chi connectivity index (χ0v) is 20.6. The lowest BCUT2D eigenvalue weighted by Gasteiger charge is -2.19. The first-order chi connectivity index (χ1) is 16.6. The van der Waals surface area contributed by atoms with Crippen molar-refractivity contribution >= 4 is 44.6 Å². The predicted octanol–water partition coefficient (Wildman–Crippen LogP) is 6.52. The molecule has 3 aromatic rings. The molecular formula is C24H25F3N2O4S2. The summed E-state index contributed by atoms with van der Waals surface area (Å²) in [4.78, 5) is 28.5. The predicted molar refractivity (Wildman–Crippen MR) is 130 cm³/mol. The van der Waals surface area contributed by atoms with E-state index >= 15 is 0 Å². The summed E-state index contributed by atoms with van der Waals surface area (Å²) in [5.74, 6) is -1.33. The van der Waals surface area contributed by atoms with Crippen LogP contribution in [0.3, 0.4) is 0 Å². The van der Waals surface area contributed by atoms with Crippen molar-refractivity contribution in [3.63, 3.8) is 0 Å². The summed E-state index contributed by atoms with van der Waals surface area (Å²) in [6.45, 7) is 5.47. The van der Waals surface area contributed by atoms with Crippen LogP contribution in [0.15, 0.2) is 41.6 Å². The Labute approximate surface area is 208 Å². The van der Waals surface area contributed by atoms with Gasteiger partial charge in [-0.1, -0.05) is 19.4 Å². The molecule has 0 fully saturated rings. The van der Waals surface area contributed by atoms with Crippen molar-refractivity contribution in [2.24, 2.45) is 5.92 Å². The molecule has 3 rings (SSSR count). The zero-order valence-electron chi connectivity index (χ0n) is 18.9. The molecule has 2 N–H and O–H groups in total. The fourth-order valence-corrected chi connectivity index (χ4v) is 5.11. The lowest BCUT2D eigenvalue weighted by molar-refractivity contribution is -0.141. The number of thiophene rings is 1. The maximum Gasteiger partial charge on any atom is 0.434 e. The summed E-state index contributed by atoms with van der Waals surface area (Å²) in [7, 11) is 0. The van der Waals surface area contributed by atoms with Crippen molar-refractivity contribution in [1.82, 2.24) is 10.3 Å². The van der Waals surface area contributed by atoms with Crippen LogP contribution in [-0.2, 0) is 17.6 Å². The van der Waals surface area contributed by atoms with E-state index in [1.54, 1.807) is 23.6 Å². The summed E-state index contributed by atoms with van der Waals surface area (Å²) in [5, 5.41) is 15.6. The van der Waals surface area contributed by atoms with Crippen molar-refractivity contribution in [2.75, 3.05) is 0 Å². The van der Waals surface area contributed by atoms with Crippen LogP contribution in [0.1, 0.15) is 53.7 Å². The number of ether oxygens (including phenoxy) is 1. The van der Waals surface area contributed by atoms with E-state index in [2.05, 4.69) is 16.9 Å². The fraction of sp³-hybridized carbons (Fsp3) is 0.375. The normalized spacial score (nSPS) is 13.4. The first kappa shape index (κ1) is 26.7. The third-order valence-electron chi connectivity index (χ3n) is 5.56. The highest BCUT2D eigenvalue weighted by Gasteiger charge is 2.34. The second-order valence-corrected chi connectivity index (χ2v) is 9.82. The number of alkyl halides is 3. The van der Waals surface area contributed by atoms with Gasteiger partial charge in [-0.25, -0.2) is 9.78 Å². The molecule has 6 nitrogen and oxygen atoms in total. The number of aliphatic carboxylic acids is 1. The monoisotopic (exact) mass is 526 g/mol. The molecule has 11 heteroatoms. The first-order valence-corrected chi connectivity index (χ1v) is 12.7. The van der Waals surface area contributed by atoms with Crippen molar-refractivity contribution in [1.29, 1.82) is 0 Å². The average Bonchev–Trinajstić information content (AvgIpc) is 3.48. The number of halogens is 3. The van der Waals surface area contributed by atoms with Gasteiger partial charge in [0, 0.05) is 15.5 Å². The molecule has 2 atom stereocenters. The highest BCUT2D eigenvalue weighted by molar-refractivity contribution is 7.17. The van der Waals surface area contributed by atoms with E-state index in [0.717, 1.165) is 34.3 Å². The van der Waals surface area contributed by atoms with Crippen molar-refractivity contribution in [3.05, 3.63) is 57.9 Å². The van der Waals surface area contributed by atoms with E-state index in [0.29, 0.717) is 11.8 Å². The number of allylic oxidation sites excluding steroid dienone is 1. The van der Waals surface area contributed by atoms with Crippen LogP contribution in [0, 0.1) is 5.92 Å². The van der Waals surface area contributed by atoms with Gasteiger partial charge in [0.05, 0.1) is 5.56 Å². The van der Waals surface area contributed by atoms with Crippen LogP contribution < -0.4 is 10.1 Å². The molecule has 188 valence electrons. The summed E-state index contributed by atoms with van der Waals surface area (Å²) < 4.78 is 45.2. The quantitative estimate of drug-likeness (QED) is 0.262. The maximum atomic E-state index is 13.1. The molecule has 0 aliphatic carbocycles. The van der Waals surface area contributed by atoms with Gasteiger partial charge in [0.15, 0.2) is 5.69 Å². The Morgan fingerprint density at radius 3 is 2.66 bits per heavy atom. The fourth-order valence-electron chi connectivity index (χ4n) is 3.61. The number of nitrogens with one attached hydrogen (secondary N) is 1. The van der Waals surface area contributed by atoms with E-state index in [1.165, 1.54) is 17.4 Å². The molecule has 0 spiro atoms. The van der Waals surface area contributed by atoms with Crippen LogP contribution in [0.5, 0.6) is 5.75 Å². The number of fused-ring (bicyclic) bond motifs is 1. The molecule has 35 heavy (non-hydrogen) atoms. The Morgan fingerprint density at radius 2 is 2.03 bits per heavy atom. The second-order valence-electron chi connectivity index (χ2n) is 7.93. The number of thiazole rings is 1. The zero-order chi connectivity index (χ0) is 25.6. The molecule has 0 bridgehead atoms. The van der Waals surface area contributed by atoms with E-state index in [-0.39, 0.29) is 35.3 Å². The summed E-state index contributed by atoms with van der Waals surface area (Å²) in [5.41, 5.74) is -0.896. The standard InChI is InChI=1S/C24H25F3N2O4S2/c1-3-5-14(4-2)6-8-17(23(31)32)28-22(30)16-7-9-18-15(10-11-34-18)21(16)33-12-20-29-19(13-35-20)24(25,26)27/h3,7,9-11,13-14,17H,1,4-6,8,12H2,2H3,(H,28,30)(H,31,32)/t14?,17-/m0/s1. The number of carboxylic acid groups (broad SMARTS) is 1. The lowest BCUT2D eigenvalue weighted by atomic mass is 9.94. The van der Waals surface area contributed by atoms with Gasteiger partial charge in [0.2, 0.25) is 0 Å². The molecular weight excluding hydrogens is 501 g/mol. The number of rotatable bonds is 12. The number of amides is 1. The van der Waals surface area contributed by atoms with Gasteiger partial charge in [-0.15, -0.1) is 29.3 Å². The van der Waals surface area contributed by atoms with Crippen LogP contribution in [0.25, 0.3) is 10.1 Å². The van der Waals surface area contributed by atoms with Gasteiger partial charge >= 0.3 is 12.1 Å². The number of carboxylic acids is 1. The molecule has 2 heterocycles. The van der Waals surface area contributed by atoms with E-state index in [9.17, 15) is 27.9 Å². The number of benzene rings is 1. The van der Waals surface area contributed by atoms with Crippen LogP contribution >= 0.6 is 22.7 Å². The third-order valence-corrected chi connectivity index (χ3v) is 7.26. The summed E-state index contributed by atoms with van der Waals surface area (Å²) in [6, 6.07) is 3.89. The number of hydrogen-bond donors (Lipinski definition) is 2. The number of aromatic nitrogens is 1. The van der Waals surface area contributed by atoms with E-state index < -0.39 is 29.8 Å². The second kappa shape index (κ2) is 11.7. The van der Waals surface area contributed by atoms with Crippen LogP contribution in [-0.4, -0.2) is 28.0 Å². The molecule has 2 aromatic heterocycles. The summed E-state index contributed by atoms with van der Waals surface area (Å²) >= 11 is 2.22. The average molecular weight is 527 g/mol. The minimum Gasteiger partial charge on any atom is -0.485 e. The first-order valence-electron chi connectivity index (χ1n) is 10.9. The Balaban J connectivity index is 1.80. The number of carbonyl (C=O) groups is 2. The molecule has 0 aliphatic heterocycles. The molecule has 1 aromatic carbocycles. The van der Waals surface area contributed by atoms with Gasteiger partial charge < -0.3 is 15.2 Å². The minimum atomic E-state index is -4.55. The molecule has 0 radical (unpaired) electrons. The minimum absolute atomic E-state index is 0.104. The van der Waals surface area contributed by atoms with Crippen LogP contribution in [0.4, 0.5) is 13.2 Å². The largest absolute Gasteiger partial charge is 0.485 e. The smallest absolute Gasteiger partial charge is 0.434 e. The SMILES string of the molecule is C=CCC(CC)CC[C@H](NC(=O)c1ccc2sccc2c1OCc1nc(C(F)(F)F)cs1)C(=O)O. The van der Waals surface area contributed by atoms with Gasteiger partial charge in [0.1, 0.15) is 23.4 Å². The van der Waals surface area contributed by atoms with Crippen molar-refractivity contribution < 1.29 is 32.6 Å². The van der Waals surface area contributed by atoms with Crippen molar-refractivity contribution in [2.45, 2.75) is 51.4 Å². The summed E-state index contributed by atoms with van der Waals surface area (Å²) in [6.07, 6.45) is -0.270. The number of nitrogens with zero attached hydrogens (tertiary/aromatic N) is 1. The molecule has 1 unspecified atom stereocenters. The molecule has 0 aliphatic rings. The van der Waals surface area contributed by atoms with Crippen LogP contribution in [0.2, 0.25) is 0 Å². The van der Waals surface area contributed by atoms with E-state index in [1.807, 2.05) is 6.92 Å². The highest BCUT2D eigenvalue weighted by Crippen LogP contribution is 2.35. The maximum absolute atomic E-state index is 13.1. The highest BCUT2D eigenvalue weighted by atomic mass is 32.1. The Kier molecular flexibility index (Phi) is 8.90. The molecule has 1 amide bonds. The number of carbonyl (C=O) groups excluding carboxylic acids is 1. The third kappa shape index (κ3) is 6.82. The van der Waals surface area contributed by atoms with Gasteiger partial charge in [-0.3, -0.25) is 4.79 Å². The molecule has 0 saturated carbocycles. The Bertz CT molecular complexity index is 1190. The van der Waals surface area contributed by atoms with Crippen molar-refractivity contribution in [3.8, 4) is 5.75 Å². The topological polar surface area (TPSA) is 88.5 Å².